The molecule has 17 heavy (non-hydrogen) atoms. The van der Waals surface area contributed by atoms with Crippen molar-refractivity contribution < 1.29 is 9.84 Å². The average Bonchev–Trinajstić information content (AvgIpc) is 2.28. The summed E-state index contributed by atoms with van der Waals surface area (Å²) in [5, 5.41) is 9.33. The summed E-state index contributed by atoms with van der Waals surface area (Å²) in [4.78, 5) is 0. The third-order valence-corrected chi connectivity index (χ3v) is 1.89. The maximum Gasteiger partial charge on any atom is 0.120 e. The first-order chi connectivity index (χ1) is 8.08. The molecule has 1 aromatic carbocycles. The Morgan fingerprint density at radius 3 is 2.65 bits per heavy atom. The van der Waals surface area contributed by atoms with Gasteiger partial charge in [0.25, 0.3) is 0 Å². The van der Waals surface area contributed by atoms with Crippen LogP contribution in [0.15, 0.2) is 36.4 Å². The van der Waals surface area contributed by atoms with E-state index in [1.165, 1.54) is 0 Å². The van der Waals surface area contributed by atoms with Crippen LogP contribution in [0, 0.1) is 11.8 Å². The molecule has 0 saturated heterocycles. The van der Waals surface area contributed by atoms with Gasteiger partial charge >= 0.3 is 0 Å². The maximum absolute atomic E-state index is 9.33. The minimum absolute atomic E-state index is 0.336. The molecule has 0 aromatic heterocycles. The summed E-state index contributed by atoms with van der Waals surface area (Å²) < 4.78 is 5.28. The van der Waals surface area contributed by atoms with Gasteiger partial charge in [-0.05, 0) is 19.4 Å². The molecule has 1 rings (SSSR count). The molecule has 0 radical (unpaired) electrons. The van der Waals surface area contributed by atoms with E-state index in [0.717, 1.165) is 5.56 Å². The van der Waals surface area contributed by atoms with E-state index in [4.69, 9.17) is 4.74 Å². The maximum atomic E-state index is 9.33. The molecule has 0 saturated carbocycles. The Hall–Kier alpha value is -1.56. The van der Waals surface area contributed by atoms with Gasteiger partial charge in [0.05, 0.1) is 6.61 Å². The Labute approximate surface area is 103 Å². The predicted molar refractivity (Wildman–Crippen MR) is 70.4 cm³/mol. The summed E-state index contributed by atoms with van der Waals surface area (Å²) >= 11 is 0. The lowest BCUT2D eigenvalue weighted by Crippen LogP contribution is -2.14. The molecule has 1 N–H and O–H groups in total. The number of rotatable bonds is 4. The van der Waals surface area contributed by atoms with E-state index in [9.17, 15) is 5.11 Å². The predicted octanol–water partition coefficient (Wildman–Crippen LogP) is 2.49. The Morgan fingerprint density at radius 2 is 2.00 bits per heavy atom. The number of aliphatic hydroxyl groups is 1. The molecule has 0 heterocycles. The molecule has 0 aliphatic heterocycles. The highest BCUT2D eigenvalue weighted by Crippen LogP contribution is 2.00. The topological polar surface area (TPSA) is 29.5 Å². The summed E-state index contributed by atoms with van der Waals surface area (Å²) in [6, 6.07) is 10.0. The van der Waals surface area contributed by atoms with Crippen LogP contribution in [0.1, 0.15) is 19.4 Å². The smallest absolute Gasteiger partial charge is 0.120 e. The standard InChI is InChI=1S/C15H18O2/c1-15(2,16)11-7-13-17-12-6-10-14-8-4-3-5-9-14/h3-6,8-10,16H,12-13H2,1-2H3/b10-6+. The van der Waals surface area contributed by atoms with Crippen molar-refractivity contribution in [3.8, 4) is 11.8 Å². The van der Waals surface area contributed by atoms with Crippen LogP contribution in [0.4, 0.5) is 0 Å². The molecular formula is C15H18O2. The molecular weight excluding hydrogens is 212 g/mol. The minimum Gasteiger partial charge on any atom is -0.378 e. The second-order valence-corrected chi connectivity index (χ2v) is 4.19. The molecule has 90 valence electrons. The molecule has 0 aliphatic rings. The van der Waals surface area contributed by atoms with Crippen molar-refractivity contribution in [3.63, 3.8) is 0 Å². The Morgan fingerprint density at radius 1 is 1.29 bits per heavy atom. The Kier molecular flexibility index (Phi) is 5.48. The van der Waals surface area contributed by atoms with Crippen LogP contribution in [0.5, 0.6) is 0 Å². The summed E-state index contributed by atoms with van der Waals surface area (Å²) in [6.07, 6.45) is 3.95. The van der Waals surface area contributed by atoms with Crippen molar-refractivity contribution in [1.82, 2.24) is 0 Å². The molecule has 0 spiro atoms. The lowest BCUT2D eigenvalue weighted by molar-refractivity contribution is 0.142. The molecule has 0 unspecified atom stereocenters. The number of ether oxygens (including phenoxy) is 1. The van der Waals surface area contributed by atoms with Crippen LogP contribution in [-0.4, -0.2) is 23.9 Å². The SMILES string of the molecule is CC(C)(O)C#CCOC/C=C/c1ccccc1. The van der Waals surface area contributed by atoms with Crippen LogP contribution in [0.25, 0.3) is 6.08 Å². The van der Waals surface area contributed by atoms with Gasteiger partial charge in [0, 0.05) is 0 Å². The van der Waals surface area contributed by atoms with Crippen LogP contribution >= 0.6 is 0 Å². The molecule has 2 nitrogen and oxygen atoms in total. The van der Waals surface area contributed by atoms with Gasteiger partial charge in [0.2, 0.25) is 0 Å². The molecule has 2 heteroatoms. The van der Waals surface area contributed by atoms with Crippen LogP contribution in [0.2, 0.25) is 0 Å². The second-order valence-electron chi connectivity index (χ2n) is 4.19. The van der Waals surface area contributed by atoms with Gasteiger partial charge in [-0.3, -0.25) is 0 Å². The van der Waals surface area contributed by atoms with E-state index in [1.807, 2.05) is 42.5 Å². The van der Waals surface area contributed by atoms with E-state index >= 15 is 0 Å². The van der Waals surface area contributed by atoms with Crippen LogP contribution in [0.3, 0.4) is 0 Å². The Bertz CT molecular complexity index is 402. The number of benzene rings is 1. The zero-order valence-corrected chi connectivity index (χ0v) is 10.3. The zero-order valence-electron chi connectivity index (χ0n) is 10.3. The Balaban J connectivity index is 2.20. The first kappa shape index (κ1) is 13.5. The molecule has 0 atom stereocenters. The summed E-state index contributed by atoms with van der Waals surface area (Å²) in [7, 11) is 0. The molecule has 0 amide bonds. The second kappa shape index (κ2) is 6.90. The normalized spacial score (nSPS) is 11.2. The third kappa shape index (κ3) is 7.35. The van der Waals surface area contributed by atoms with Gasteiger partial charge in [-0.2, -0.15) is 0 Å². The van der Waals surface area contributed by atoms with Crippen LogP contribution < -0.4 is 0 Å². The fourth-order valence-corrected chi connectivity index (χ4v) is 1.18. The quantitative estimate of drug-likeness (QED) is 0.636. The van der Waals surface area contributed by atoms with Crippen LogP contribution in [-0.2, 0) is 4.74 Å². The van der Waals surface area contributed by atoms with Crippen molar-refractivity contribution in [3.05, 3.63) is 42.0 Å². The van der Waals surface area contributed by atoms with E-state index in [1.54, 1.807) is 13.8 Å². The first-order valence-electron chi connectivity index (χ1n) is 5.60. The average molecular weight is 230 g/mol. The third-order valence-electron chi connectivity index (χ3n) is 1.89. The molecule has 0 aliphatic carbocycles. The van der Waals surface area contributed by atoms with Crippen molar-refractivity contribution in [2.75, 3.05) is 13.2 Å². The van der Waals surface area contributed by atoms with Gasteiger partial charge in [0.1, 0.15) is 12.2 Å². The highest BCUT2D eigenvalue weighted by atomic mass is 16.5. The van der Waals surface area contributed by atoms with E-state index in [0.29, 0.717) is 13.2 Å². The molecule has 1 aromatic rings. The van der Waals surface area contributed by atoms with E-state index in [2.05, 4.69) is 11.8 Å². The fraction of sp³-hybridized carbons (Fsp3) is 0.333. The van der Waals surface area contributed by atoms with Gasteiger partial charge in [-0.15, -0.1) is 0 Å². The minimum atomic E-state index is -0.941. The van der Waals surface area contributed by atoms with Crippen molar-refractivity contribution in [1.29, 1.82) is 0 Å². The largest absolute Gasteiger partial charge is 0.378 e. The summed E-state index contributed by atoms with van der Waals surface area (Å²) in [5.41, 5.74) is 0.210. The van der Waals surface area contributed by atoms with Gasteiger partial charge in [-0.25, -0.2) is 0 Å². The highest BCUT2D eigenvalue weighted by Gasteiger charge is 2.04. The zero-order chi connectivity index (χ0) is 12.6. The molecule has 0 bridgehead atoms. The fourth-order valence-electron chi connectivity index (χ4n) is 1.18. The van der Waals surface area contributed by atoms with Gasteiger partial charge < -0.3 is 9.84 Å². The lowest BCUT2D eigenvalue weighted by atomic mass is 10.1. The lowest BCUT2D eigenvalue weighted by Gasteiger charge is -2.05. The monoisotopic (exact) mass is 230 g/mol. The van der Waals surface area contributed by atoms with Crippen molar-refractivity contribution in [2.24, 2.45) is 0 Å². The summed E-state index contributed by atoms with van der Waals surface area (Å²) in [6.45, 7) is 4.16. The van der Waals surface area contributed by atoms with E-state index < -0.39 is 5.60 Å². The summed E-state index contributed by atoms with van der Waals surface area (Å²) in [5.74, 6) is 5.45. The number of hydrogen-bond donors (Lipinski definition) is 1. The van der Waals surface area contributed by atoms with E-state index in [-0.39, 0.29) is 0 Å². The van der Waals surface area contributed by atoms with Gasteiger partial charge in [0.15, 0.2) is 0 Å². The molecule has 0 fully saturated rings. The van der Waals surface area contributed by atoms with Gasteiger partial charge in [-0.1, -0.05) is 54.3 Å². The highest BCUT2D eigenvalue weighted by molar-refractivity contribution is 5.48. The first-order valence-corrected chi connectivity index (χ1v) is 5.60. The van der Waals surface area contributed by atoms with Crippen molar-refractivity contribution in [2.45, 2.75) is 19.4 Å². The number of hydrogen-bond acceptors (Lipinski definition) is 2. The van der Waals surface area contributed by atoms with Crippen molar-refractivity contribution >= 4 is 6.08 Å².